The molecule has 1 aliphatic heterocycles. The van der Waals surface area contributed by atoms with Gasteiger partial charge in [-0.05, 0) is 13.0 Å². The molecular weight excluding hydrogens is 366 g/mol. The second kappa shape index (κ2) is 12.2. The maximum absolute atomic E-state index is 10.3. The lowest BCUT2D eigenvalue weighted by molar-refractivity contribution is -0.327. The van der Waals surface area contributed by atoms with Crippen molar-refractivity contribution < 1.29 is 50.3 Å². The molecule has 0 unspecified atom stereocenters. The molecule has 1 aliphatic rings. The van der Waals surface area contributed by atoms with Gasteiger partial charge in [-0.3, -0.25) is 0 Å². The Morgan fingerprint density at radius 2 is 1.67 bits per heavy atom. The first-order valence-electron chi connectivity index (χ1n) is 9.10. The first kappa shape index (κ1) is 24.6. The number of hydrogen-bond acceptors (Lipinski definition) is 11. The topological polar surface area (TPSA) is 192 Å². The van der Waals surface area contributed by atoms with Crippen molar-refractivity contribution in [3.05, 3.63) is 0 Å². The number of unbranched alkanes of at least 4 members (excludes halogenated alkanes) is 1. The predicted octanol–water partition coefficient (Wildman–Crippen LogP) is -4.36. The summed E-state index contributed by atoms with van der Waals surface area (Å²) in [5.41, 5.74) is 0. The lowest BCUT2D eigenvalue weighted by Gasteiger charge is -2.42. The highest BCUT2D eigenvalue weighted by molar-refractivity contribution is 4.91. The fourth-order valence-corrected chi connectivity index (χ4v) is 2.73. The van der Waals surface area contributed by atoms with Gasteiger partial charge in [0.05, 0.1) is 19.3 Å². The number of hydrogen-bond donors (Lipinski definition) is 9. The van der Waals surface area contributed by atoms with E-state index in [0.29, 0.717) is 6.54 Å². The quantitative estimate of drug-likeness (QED) is 0.144. The van der Waals surface area contributed by atoms with Gasteiger partial charge in [-0.1, -0.05) is 13.3 Å². The number of aliphatic hydroxyl groups is 8. The van der Waals surface area contributed by atoms with Crippen molar-refractivity contribution in [1.29, 1.82) is 0 Å². The van der Waals surface area contributed by atoms with Crippen molar-refractivity contribution in [2.45, 2.75) is 74.9 Å². The molecule has 11 heteroatoms. The van der Waals surface area contributed by atoms with Crippen LogP contribution in [0.4, 0.5) is 0 Å². The van der Waals surface area contributed by atoms with Crippen LogP contribution in [-0.4, -0.2) is 122 Å². The highest BCUT2D eigenvalue weighted by Crippen LogP contribution is 2.24. The van der Waals surface area contributed by atoms with E-state index in [0.717, 1.165) is 12.8 Å². The van der Waals surface area contributed by atoms with Gasteiger partial charge in [0, 0.05) is 6.54 Å². The Morgan fingerprint density at radius 1 is 1.00 bits per heavy atom. The van der Waals surface area contributed by atoms with Gasteiger partial charge in [-0.2, -0.15) is 0 Å². The number of nitrogens with one attached hydrogen (secondary N) is 1. The molecule has 9 N–H and O–H groups in total. The molecule has 1 saturated heterocycles. The van der Waals surface area contributed by atoms with Gasteiger partial charge in [0.1, 0.15) is 42.7 Å². The van der Waals surface area contributed by atoms with Crippen molar-refractivity contribution in [2.75, 3.05) is 26.3 Å². The van der Waals surface area contributed by atoms with Crippen LogP contribution in [0.25, 0.3) is 0 Å². The smallest absolute Gasteiger partial charge is 0.187 e. The minimum Gasteiger partial charge on any atom is -0.394 e. The van der Waals surface area contributed by atoms with Crippen LogP contribution in [-0.2, 0) is 9.47 Å². The molecule has 0 amide bonds. The zero-order chi connectivity index (χ0) is 20.6. The number of rotatable bonds is 12. The molecule has 0 radical (unpaired) electrons. The number of aliphatic hydroxyl groups excluding tert-OH is 8. The third kappa shape index (κ3) is 6.84. The first-order valence-corrected chi connectivity index (χ1v) is 9.10. The van der Waals surface area contributed by atoms with Crippen molar-refractivity contribution >= 4 is 0 Å². The Labute approximate surface area is 157 Å². The lowest BCUT2D eigenvalue weighted by atomic mass is 9.98. The Bertz CT molecular complexity index is 401. The maximum Gasteiger partial charge on any atom is 0.187 e. The van der Waals surface area contributed by atoms with Crippen LogP contribution >= 0.6 is 0 Å². The standard InChI is InChI=1S/C16H33NO10/c1-2-3-4-17-5-8(20)11(22)15(9(21)6-18)27-16-14(25)13(24)12(23)10(7-19)26-16/h8-25H,2-7H2,1H3/t8-,9+,10+,11+,12-,13-,14+,15+,16-/m0/s1. The molecule has 162 valence electrons. The fourth-order valence-electron chi connectivity index (χ4n) is 2.73. The van der Waals surface area contributed by atoms with E-state index >= 15 is 0 Å². The Balaban J connectivity index is 2.78. The predicted molar refractivity (Wildman–Crippen MR) is 91.5 cm³/mol. The average molecular weight is 399 g/mol. The van der Waals surface area contributed by atoms with E-state index in [1.807, 2.05) is 6.92 Å². The number of ether oxygens (including phenoxy) is 2. The minimum atomic E-state index is -1.75. The molecule has 0 spiro atoms. The molecule has 0 aromatic heterocycles. The van der Waals surface area contributed by atoms with Crippen LogP contribution in [0.3, 0.4) is 0 Å². The van der Waals surface area contributed by atoms with Crippen LogP contribution in [0.15, 0.2) is 0 Å². The minimum absolute atomic E-state index is 0.00609. The van der Waals surface area contributed by atoms with Gasteiger partial charge in [0.15, 0.2) is 6.29 Å². The normalized spacial score (nSPS) is 33.4. The fraction of sp³-hybridized carbons (Fsp3) is 1.00. The molecule has 9 atom stereocenters. The Hall–Kier alpha value is -0.440. The molecule has 1 fully saturated rings. The van der Waals surface area contributed by atoms with Gasteiger partial charge in [-0.25, -0.2) is 0 Å². The molecule has 0 aromatic rings. The van der Waals surface area contributed by atoms with E-state index in [1.54, 1.807) is 0 Å². The van der Waals surface area contributed by atoms with Crippen LogP contribution in [0.1, 0.15) is 19.8 Å². The molecule has 27 heavy (non-hydrogen) atoms. The van der Waals surface area contributed by atoms with Gasteiger partial charge in [-0.15, -0.1) is 0 Å². The molecular formula is C16H33NO10. The maximum atomic E-state index is 10.3. The van der Waals surface area contributed by atoms with Crippen LogP contribution in [0.2, 0.25) is 0 Å². The van der Waals surface area contributed by atoms with E-state index in [-0.39, 0.29) is 6.54 Å². The Kier molecular flexibility index (Phi) is 11.1. The zero-order valence-corrected chi connectivity index (χ0v) is 15.3. The summed E-state index contributed by atoms with van der Waals surface area (Å²) in [5.74, 6) is 0. The second-order valence-corrected chi connectivity index (χ2v) is 6.66. The van der Waals surface area contributed by atoms with Crippen molar-refractivity contribution in [3.8, 4) is 0 Å². The summed E-state index contributed by atoms with van der Waals surface area (Å²) in [6.07, 6.45) is -12.3. The summed E-state index contributed by atoms with van der Waals surface area (Å²) in [7, 11) is 0. The summed E-state index contributed by atoms with van der Waals surface area (Å²) in [6.45, 7) is 1.11. The second-order valence-electron chi connectivity index (χ2n) is 6.66. The highest BCUT2D eigenvalue weighted by Gasteiger charge is 2.46. The lowest BCUT2D eigenvalue weighted by Crippen LogP contribution is -2.61. The molecule has 0 aromatic carbocycles. The largest absolute Gasteiger partial charge is 0.394 e. The summed E-state index contributed by atoms with van der Waals surface area (Å²) in [4.78, 5) is 0. The first-order chi connectivity index (χ1) is 12.8. The molecule has 0 saturated carbocycles. The van der Waals surface area contributed by atoms with Gasteiger partial charge < -0.3 is 55.6 Å². The van der Waals surface area contributed by atoms with E-state index in [2.05, 4.69) is 5.32 Å². The van der Waals surface area contributed by atoms with E-state index in [4.69, 9.17) is 9.47 Å². The van der Waals surface area contributed by atoms with Crippen LogP contribution in [0, 0.1) is 0 Å². The average Bonchev–Trinajstić information content (AvgIpc) is 2.67. The van der Waals surface area contributed by atoms with Crippen LogP contribution in [0.5, 0.6) is 0 Å². The zero-order valence-electron chi connectivity index (χ0n) is 15.3. The summed E-state index contributed by atoms with van der Waals surface area (Å²) >= 11 is 0. The van der Waals surface area contributed by atoms with Gasteiger partial charge in [0.25, 0.3) is 0 Å². The summed E-state index contributed by atoms with van der Waals surface area (Å²) in [6, 6.07) is 0. The van der Waals surface area contributed by atoms with E-state index in [9.17, 15) is 40.9 Å². The van der Waals surface area contributed by atoms with E-state index < -0.39 is 68.3 Å². The molecule has 1 rings (SSSR count). The summed E-state index contributed by atoms with van der Waals surface area (Å²) in [5, 5.41) is 81.2. The van der Waals surface area contributed by atoms with Crippen LogP contribution < -0.4 is 5.32 Å². The van der Waals surface area contributed by atoms with E-state index in [1.165, 1.54) is 0 Å². The molecule has 1 heterocycles. The molecule has 0 bridgehead atoms. The van der Waals surface area contributed by atoms with Crippen molar-refractivity contribution in [3.63, 3.8) is 0 Å². The summed E-state index contributed by atoms with van der Waals surface area (Å²) < 4.78 is 10.5. The molecule has 0 aliphatic carbocycles. The third-order valence-electron chi connectivity index (χ3n) is 4.50. The van der Waals surface area contributed by atoms with Crippen molar-refractivity contribution in [1.82, 2.24) is 5.32 Å². The third-order valence-corrected chi connectivity index (χ3v) is 4.50. The highest BCUT2D eigenvalue weighted by atomic mass is 16.7. The van der Waals surface area contributed by atoms with Gasteiger partial charge >= 0.3 is 0 Å². The van der Waals surface area contributed by atoms with Gasteiger partial charge in [0.2, 0.25) is 0 Å². The monoisotopic (exact) mass is 399 g/mol. The Morgan fingerprint density at radius 3 is 2.22 bits per heavy atom. The van der Waals surface area contributed by atoms with Crippen molar-refractivity contribution in [2.24, 2.45) is 0 Å². The SMILES string of the molecule is CCCCNC[C@H](O)[C@@H](O)[C@H](O[C@@H]1O[C@H](CO)[C@H](O)[C@H](O)[C@H]1O)[C@H](O)CO. The molecule has 11 nitrogen and oxygen atoms in total.